The molecule has 3 N–H and O–H groups in total. The zero-order valence-corrected chi connectivity index (χ0v) is 24.6. The predicted molar refractivity (Wildman–Crippen MR) is 161 cm³/mol. The Morgan fingerprint density at radius 3 is 1.66 bits per heavy atom. The summed E-state index contributed by atoms with van der Waals surface area (Å²) >= 11 is 0. The third-order valence-corrected chi connectivity index (χ3v) is 7.69. The third-order valence-electron chi connectivity index (χ3n) is 7.69. The quantitative estimate of drug-likeness (QED) is 0.0870. The molecule has 0 spiro atoms. The van der Waals surface area contributed by atoms with E-state index in [1.807, 2.05) is 32.1 Å². The van der Waals surface area contributed by atoms with Crippen molar-refractivity contribution in [2.75, 3.05) is 0 Å². The summed E-state index contributed by atoms with van der Waals surface area (Å²) < 4.78 is 0. The lowest BCUT2D eigenvalue weighted by molar-refractivity contribution is -0.115. The number of ketones is 1. The van der Waals surface area contributed by atoms with Crippen molar-refractivity contribution < 1.29 is 20.1 Å². The normalized spacial score (nSPS) is 13.5. The lowest BCUT2D eigenvalue weighted by Gasteiger charge is -2.15. The molecule has 38 heavy (non-hydrogen) atoms. The highest BCUT2D eigenvalue weighted by Gasteiger charge is 2.11. The standard InChI is InChI=1S/C34H58O4/c1-3-34(38)29(2)20-18-19-23-33(37)28-32(36)22-17-15-13-11-9-7-5-4-6-8-10-12-14-16-21-30-24-26-31(35)27-25-30/h20,24-27,32-33,35-37H,3-19,21-23,28H2,1-2H3/b29-20+/t32-,33-/m1/s1. The molecule has 0 aliphatic heterocycles. The van der Waals surface area contributed by atoms with Crippen LogP contribution in [0.4, 0.5) is 0 Å². The zero-order valence-electron chi connectivity index (χ0n) is 24.6. The number of allylic oxidation sites excluding steroid dienone is 2. The summed E-state index contributed by atoms with van der Waals surface area (Å²) in [5, 5.41) is 29.7. The Labute approximate surface area is 234 Å². The maximum absolute atomic E-state index is 11.5. The molecule has 0 bridgehead atoms. The van der Waals surface area contributed by atoms with Crippen molar-refractivity contribution in [1.29, 1.82) is 0 Å². The van der Waals surface area contributed by atoms with E-state index in [0.717, 1.165) is 37.7 Å². The van der Waals surface area contributed by atoms with Gasteiger partial charge in [0.25, 0.3) is 0 Å². The Morgan fingerprint density at radius 2 is 1.16 bits per heavy atom. The van der Waals surface area contributed by atoms with Gasteiger partial charge in [-0.05, 0) is 75.1 Å². The van der Waals surface area contributed by atoms with Gasteiger partial charge in [-0.15, -0.1) is 0 Å². The van der Waals surface area contributed by atoms with Gasteiger partial charge >= 0.3 is 0 Å². The lowest BCUT2D eigenvalue weighted by Crippen LogP contribution is -2.17. The maximum Gasteiger partial charge on any atom is 0.157 e. The largest absolute Gasteiger partial charge is 0.508 e. The van der Waals surface area contributed by atoms with Crippen LogP contribution in [0.1, 0.15) is 148 Å². The van der Waals surface area contributed by atoms with Gasteiger partial charge < -0.3 is 15.3 Å². The van der Waals surface area contributed by atoms with Crippen molar-refractivity contribution >= 4 is 5.78 Å². The van der Waals surface area contributed by atoms with Gasteiger partial charge in [-0.25, -0.2) is 0 Å². The van der Waals surface area contributed by atoms with E-state index in [1.54, 1.807) is 12.1 Å². The molecule has 4 heteroatoms. The van der Waals surface area contributed by atoms with Gasteiger partial charge in [0, 0.05) is 6.42 Å². The molecule has 1 aromatic rings. The van der Waals surface area contributed by atoms with E-state index >= 15 is 0 Å². The number of phenols is 1. The topological polar surface area (TPSA) is 77.8 Å². The first kappa shape index (κ1) is 34.4. The minimum absolute atomic E-state index is 0.192. The molecule has 0 fully saturated rings. The smallest absolute Gasteiger partial charge is 0.157 e. The van der Waals surface area contributed by atoms with E-state index in [0.29, 0.717) is 25.0 Å². The number of benzene rings is 1. The van der Waals surface area contributed by atoms with Crippen molar-refractivity contribution in [3.63, 3.8) is 0 Å². The second kappa shape index (κ2) is 23.3. The highest BCUT2D eigenvalue weighted by atomic mass is 16.3. The highest BCUT2D eigenvalue weighted by Crippen LogP contribution is 2.17. The van der Waals surface area contributed by atoms with Gasteiger partial charge in [0.05, 0.1) is 12.2 Å². The molecule has 0 heterocycles. The van der Waals surface area contributed by atoms with Crippen LogP contribution in [-0.2, 0) is 11.2 Å². The average Bonchev–Trinajstić information content (AvgIpc) is 2.91. The second-order valence-electron chi connectivity index (χ2n) is 11.3. The van der Waals surface area contributed by atoms with E-state index in [9.17, 15) is 20.1 Å². The van der Waals surface area contributed by atoms with Crippen LogP contribution in [0.3, 0.4) is 0 Å². The summed E-state index contributed by atoms with van der Waals surface area (Å²) in [6, 6.07) is 7.61. The second-order valence-corrected chi connectivity index (χ2v) is 11.3. The van der Waals surface area contributed by atoms with Crippen LogP contribution < -0.4 is 0 Å². The van der Waals surface area contributed by atoms with E-state index < -0.39 is 12.2 Å². The van der Waals surface area contributed by atoms with Crippen molar-refractivity contribution in [3.8, 4) is 5.75 Å². The fourth-order valence-electron chi connectivity index (χ4n) is 5.11. The number of phenolic OH excluding ortho intramolecular Hbond substituents is 1. The van der Waals surface area contributed by atoms with Gasteiger partial charge in [-0.2, -0.15) is 0 Å². The van der Waals surface area contributed by atoms with Crippen LogP contribution in [0.15, 0.2) is 35.9 Å². The number of aromatic hydroxyl groups is 1. The Hall–Kier alpha value is -1.65. The summed E-state index contributed by atoms with van der Waals surface area (Å²) in [5.74, 6) is 0.543. The molecular weight excluding hydrogens is 472 g/mol. The van der Waals surface area contributed by atoms with E-state index in [1.165, 1.54) is 89.0 Å². The number of carbonyl (C=O) groups is 1. The maximum atomic E-state index is 11.5. The molecule has 4 nitrogen and oxygen atoms in total. The molecule has 0 radical (unpaired) electrons. The summed E-state index contributed by atoms with van der Waals surface area (Å²) in [4.78, 5) is 11.5. The SMILES string of the molecule is CCC(=O)/C(C)=C/CCC[C@@H](O)C[C@H](O)CCCCCCCCCCCCCCCCc1ccc(O)cc1. The van der Waals surface area contributed by atoms with Crippen LogP contribution >= 0.6 is 0 Å². The van der Waals surface area contributed by atoms with Gasteiger partial charge in [-0.3, -0.25) is 4.79 Å². The number of carbonyl (C=O) groups excluding carboxylic acids is 1. The molecule has 1 aromatic carbocycles. The lowest BCUT2D eigenvalue weighted by atomic mass is 10.00. The molecular formula is C34H58O4. The monoisotopic (exact) mass is 530 g/mol. The number of aliphatic hydroxyl groups is 2. The van der Waals surface area contributed by atoms with Gasteiger partial charge in [0.1, 0.15) is 5.75 Å². The van der Waals surface area contributed by atoms with Crippen molar-refractivity contribution in [2.24, 2.45) is 0 Å². The number of Topliss-reactive ketones (excluding diaryl/α,β-unsaturated/α-hetero) is 1. The molecule has 0 aliphatic rings. The first-order valence-corrected chi connectivity index (χ1v) is 15.8. The number of rotatable bonds is 25. The molecule has 0 saturated carbocycles. The van der Waals surface area contributed by atoms with E-state index in [-0.39, 0.29) is 5.78 Å². The molecule has 1 rings (SSSR count). The summed E-state index contributed by atoms with van der Waals surface area (Å²) in [5.41, 5.74) is 2.15. The fraction of sp³-hybridized carbons (Fsp3) is 0.735. The van der Waals surface area contributed by atoms with Crippen molar-refractivity contribution in [1.82, 2.24) is 0 Å². The molecule has 2 atom stereocenters. The number of aliphatic hydroxyl groups excluding tert-OH is 2. The average molecular weight is 531 g/mol. The molecule has 0 saturated heterocycles. The van der Waals surface area contributed by atoms with Gasteiger partial charge in [0.2, 0.25) is 0 Å². The molecule has 0 aromatic heterocycles. The van der Waals surface area contributed by atoms with Crippen molar-refractivity contribution in [3.05, 3.63) is 41.5 Å². The summed E-state index contributed by atoms with van der Waals surface area (Å²) in [6.45, 7) is 3.74. The Kier molecular flexibility index (Phi) is 21.0. The summed E-state index contributed by atoms with van der Waals surface area (Å²) in [6.07, 6.45) is 24.6. The van der Waals surface area contributed by atoms with Crippen molar-refractivity contribution in [2.45, 2.75) is 161 Å². The van der Waals surface area contributed by atoms with E-state index in [4.69, 9.17) is 0 Å². The van der Waals surface area contributed by atoms with Crippen LogP contribution in [0.2, 0.25) is 0 Å². The molecule has 0 unspecified atom stereocenters. The molecule has 0 amide bonds. The van der Waals surface area contributed by atoms with Crippen LogP contribution in [0.5, 0.6) is 5.75 Å². The molecule has 218 valence electrons. The molecule has 0 aliphatic carbocycles. The number of unbranched alkanes of at least 4 members (excludes halogenated alkanes) is 14. The zero-order chi connectivity index (χ0) is 27.8. The number of hydrogen-bond acceptors (Lipinski definition) is 4. The predicted octanol–water partition coefficient (Wildman–Crippen LogP) is 8.99. The fourth-order valence-corrected chi connectivity index (χ4v) is 5.11. The van der Waals surface area contributed by atoms with E-state index in [2.05, 4.69) is 0 Å². The first-order valence-electron chi connectivity index (χ1n) is 15.8. The van der Waals surface area contributed by atoms with Crippen LogP contribution in [0.25, 0.3) is 0 Å². The number of hydrogen-bond donors (Lipinski definition) is 3. The van der Waals surface area contributed by atoms with Gasteiger partial charge in [-0.1, -0.05) is 109 Å². The summed E-state index contributed by atoms with van der Waals surface area (Å²) in [7, 11) is 0. The Balaban J connectivity index is 1.82. The third kappa shape index (κ3) is 19.4. The van der Waals surface area contributed by atoms with Crippen LogP contribution in [-0.4, -0.2) is 33.3 Å². The minimum atomic E-state index is -0.447. The Morgan fingerprint density at radius 1 is 0.711 bits per heavy atom. The minimum Gasteiger partial charge on any atom is -0.508 e. The Bertz CT molecular complexity index is 725. The highest BCUT2D eigenvalue weighted by molar-refractivity contribution is 5.94. The van der Waals surface area contributed by atoms with Gasteiger partial charge in [0.15, 0.2) is 5.78 Å². The van der Waals surface area contributed by atoms with Crippen LogP contribution in [0, 0.1) is 0 Å². The first-order chi connectivity index (χ1) is 18.4. The number of aryl methyl sites for hydroxylation is 1.